The van der Waals surface area contributed by atoms with E-state index in [-0.39, 0.29) is 31.6 Å². The summed E-state index contributed by atoms with van der Waals surface area (Å²) in [6.45, 7) is 5.84. The number of benzene rings is 1. The van der Waals surface area contributed by atoms with Crippen LogP contribution in [0.2, 0.25) is 0 Å². The monoisotopic (exact) mass is 533 g/mol. The molecule has 0 saturated heterocycles. The van der Waals surface area contributed by atoms with Gasteiger partial charge in [-0.1, -0.05) is 45.2 Å². The summed E-state index contributed by atoms with van der Waals surface area (Å²) >= 11 is 3.98. The lowest BCUT2D eigenvalue weighted by Gasteiger charge is -2.28. The predicted octanol–water partition coefficient (Wildman–Crippen LogP) is 2.78. The molecule has 1 atom stereocenters. The summed E-state index contributed by atoms with van der Waals surface area (Å²) in [6.07, 6.45) is 1.96. The molecule has 0 aliphatic heterocycles. The van der Waals surface area contributed by atoms with E-state index in [1.807, 2.05) is 13.2 Å². The van der Waals surface area contributed by atoms with Crippen molar-refractivity contribution in [3.05, 3.63) is 29.8 Å². The third kappa shape index (κ3) is 13.9. The van der Waals surface area contributed by atoms with Gasteiger partial charge >= 0.3 is 0 Å². The fourth-order valence-corrected chi connectivity index (χ4v) is 4.75. The Morgan fingerprint density at radius 2 is 2.03 bits per heavy atom. The van der Waals surface area contributed by atoms with Crippen LogP contribution in [0.5, 0.6) is 5.75 Å². The Balaban J connectivity index is 2.46. The molecule has 3 N–H and O–H groups in total. The van der Waals surface area contributed by atoms with E-state index in [4.69, 9.17) is 14.2 Å². The molecule has 0 fully saturated rings. The minimum atomic E-state index is -0.643. The van der Waals surface area contributed by atoms with Gasteiger partial charge in [-0.15, -0.1) is 5.92 Å². The molecule has 1 aromatic rings. The minimum Gasteiger partial charge on any atom is -0.490 e. The summed E-state index contributed by atoms with van der Waals surface area (Å²) < 4.78 is 20.2. The van der Waals surface area contributed by atoms with E-state index in [9.17, 15) is 9.59 Å². The van der Waals surface area contributed by atoms with Crippen LogP contribution < -0.4 is 20.1 Å². The average molecular weight is 534 g/mol. The normalized spacial score (nSPS) is 12.2. The fourth-order valence-electron chi connectivity index (χ4n) is 2.35. The van der Waals surface area contributed by atoms with Crippen LogP contribution in [0.15, 0.2) is 24.3 Å². The molecule has 0 heterocycles. The molecule has 184 valence electrons. The first-order chi connectivity index (χ1) is 15.9. The van der Waals surface area contributed by atoms with Gasteiger partial charge in [0, 0.05) is 18.7 Å². The molecule has 8 nitrogen and oxygen atoms in total. The van der Waals surface area contributed by atoms with Crippen molar-refractivity contribution < 1.29 is 23.8 Å². The molecule has 1 rings (SSSR count). The number of rotatable bonds is 17. The molecular weight excluding hydrogens is 503 g/mol. The van der Waals surface area contributed by atoms with Crippen LogP contribution in [0.1, 0.15) is 24.2 Å². The molecule has 0 saturated carbocycles. The van der Waals surface area contributed by atoms with Gasteiger partial charge in [0.15, 0.2) is 4.93 Å². The van der Waals surface area contributed by atoms with Gasteiger partial charge < -0.3 is 24.8 Å². The van der Waals surface area contributed by atoms with Crippen LogP contribution in [-0.4, -0.2) is 69.1 Å². The van der Waals surface area contributed by atoms with Gasteiger partial charge in [0.1, 0.15) is 19.0 Å². The zero-order chi connectivity index (χ0) is 24.4. The Hall–Kier alpha value is -1.20. The Morgan fingerprint density at radius 1 is 1.21 bits per heavy atom. The Bertz CT molecular complexity index is 791. The van der Waals surface area contributed by atoms with Crippen LogP contribution in [0, 0.1) is 11.8 Å². The van der Waals surface area contributed by atoms with Crippen LogP contribution >= 0.6 is 44.2 Å². The molecule has 0 radical (unpaired) electrons. The van der Waals surface area contributed by atoms with Crippen molar-refractivity contribution in [2.24, 2.45) is 0 Å². The van der Waals surface area contributed by atoms with E-state index in [2.05, 4.69) is 38.9 Å². The van der Waals surface area contributed by atoms with Gasteiger partial charge in [-0.2, -0.15) is 0 Å². The summed E-state index contributed by atoms with van der Waals surface area (Å²) in [6, 6.07) is 7.00. The van der Waals surface area contributed by atoms with E-state index < -0.39 is 4.93 Å². The largest absolute Gasteiger partial charge is 0.490 e. The maximum atomic E-state index is 12.3. The van der Waals surface area contributed by atoms with E-state index in [0.29, 0.717) is 37.6 Å². The van der Waals surface area contributed by atoms with Gasteiger partial charge in [-0.25, -0.2) is 0 Å². The highest BCUT2D eigenvalue weighted by Gasteiger charge is 2.27. The molecule has 0 bridgehead atoms. The summed E-state index contributed by atoms with van der Waals surface area (Å²) in [5, 5.41) is 5.47. The molecule has 33 heavy (non-hydrogen) atoms. The first-order valence-corrected chi connectivity index (χ1v) is 14.5. The second-order valence-corrected chi connectivity index (χ2v) is 10.4. The first-order valence-electron chi connectivity index (χ1n) is 10.1. The first kappa shape index (κ1) is 29.8. The lowest BCUT2D eigenvalue weighted by molar-refractivity contribution is -0.126. The zero-order valence-electron chi connectivity index (χ0n) is 19.0. The number of ether oxygens (including phenoxy) is 3. The van der Waals surface area contributed by atoms with Crippen molar-refractivity contribution in [2.75, 3.05) is 52.3 Å². The van der Waals surface area contributed by atoms with Crippen LogP contribution in [-0.2, 0) is 14.3 Å². The molecular formula is C21H31N3O5S4. The number of hydrogen-bond donors (Lipinski definition) is 4. The highest BCUT2D eigenvalue weighted by Crippen LogP contribution is 2.35. The number of carbonyl (C=O) groups is 2. The molecule has 0 aliphatic carbocycles. The maximum Gasteiger partial charge on any atom is 0.251 e. The highest BCUT2D eigenvalue weighted by molar-refractivity contribution is 8.76. The van der Waals surface area contributed by atoms with Crippen LogP contribution in [0.25, 0.3) is 0 Å². The smallest absolute Gasteiger partial charge is 0.251 e. The van der Waals surface area contributed by atoms with Gasteiger partial charge in [-0.3, -0.25) is 14.3 Å². The summed E-state index contributed by atoms with van der Waals surface area (Å²) in [5.74, 6) is 5.64. The average Bonchev–Trinajstić information content (AvgIpc) is 2.81. The zero-order valence-corrected chi connectivity index (χ0v) is 22.3. The topological polar surface area (TPSA) is 97.9 Å². The minimum absolute atomic E-state index is 0.0456. The number of carbonyl (C=O) groups excluding carboxylic acids is 2. The third-order valence-electron chi connectivity index (χ3n) is 3.85. The van der Waals surface area contributed by atoms with E-state index in [1.165, 1.54) is 21.8 Å². The van der Waals surface area contributed by atoms with Crippen LogP contribution in [0.3, 0.4) is 0 Å². The van der Waals surface area contributed by atoms with Crippen molar-refractivity contribution >= 4 is 56.0 Å². The Labute approximate surface area is 213 Å². The van der Waals surface area contributed by atoms with Gasteiger partial charge in [0.05, 0.1) is 19.8 Å². The molecule has 0 aliphatic rings. The highest BCUT2D eigenvalue weighted by atomic mass is 33.1. The summed E-state index contributed by atoms with van der Waals surface area (Å²) in [7, 11) is 4.29. The Kier molecular flexibility index (Phi) is 16.4. The SMILES string of the molecule is CC#CCNC(=O)COCCOC(C)(COc1cccc(C(=O)NCCNSS)c1)SSC. The van der Waals surface area contributed by atoms with Crippen molar-refractivity contribution in [1.29, 1.82) is 0 Å². The fraction of sp³-hybridized carbons (Fsp3) is 0.524. The predicted molar refractivity (Wildman–Crippen MR) is 142 cm³/mol. The molecule has 12 heteroatoms. The van der Waals surface area contributed by atoms with Crippen molar-refractivity contribution in [3.63, 3.8) is 0 Å². The van der Waals surface area contributed by atoms with Crippen LogP contribution in [0.4, 0.5) is 0 Å². The summed E-state index contributed by atoms with van der Waals surface area (Å²) in [5.41, 5.74) is 0.516. The second kappa shape index (κ2) is 18.2. The number of nitrogens with one attached hydrogen (secondary N) is 3. The van der Waals surface area contributed by atoms with Gasteiger partial charge in [-0.05, 0) is 49.3 Å². The molecule has 0 spiro atoms. The lowest BCUT2D eigenvalue weighted by atomic mass is 10.2. The van der Waals surface area contributed by atoms with Crippen molar-refractivity contribution in [3.8, 4) is 17.6 Å². The van der Waals surface area contributed by atoms with Gasteiger partial charge in [0.25, 0.3) is 5.91 Å². The lowest BCUT2D eigenvalue weighted by Crippen LogP contribution is -2.34. The third-order valence-corrected chi connectivity index (χ3v) is 6.89. The molecule has 2 amide bonds. The number of amides is 2. The van der Waals surface area contributed by atoms with Gasteiger partial charge in [0.2, 0.25) is 5.91 Å². The molecule has 0 aromatic heterocycles. The van der Waals surface area contributed by atoms with E-state index in [0.717, 1.165) is 0 Å². The van der Waals surface area contributed by atoms with Crippen molar-refractivity contribution in [1.82, 2.24) is 15.4 Å². The quantitative estimate of drug-likeness (QED) is 0.0602. The number of hydrogen-bond acceptors (Lipinski definition) is 10. The maximum absolute atomic E-state index is 12.3. The summed E-state index contributed by atoms with van der Waals surface area (Å²) in [4.78, 5) is 23.2. The Morgan fingerprint density at radius 3 is 2.76 bits per heavy atom. The standard InChI is InChI=1S/C21H31N3O5S4/c1-4-5-9-22-19(25)15-27-12-13-29-21(2,32-31-3)16-28-18-8-6-7-17(14-18)20(26)23-10-11-24-33-30/h6-8,14,24,30H,9-13,15-16H2,1-3H3,(H,22,25)(H,23,26). The van der Waals surface area contributed by atoms with E-state index >= 15 is 0 Å². The second-order valence-electron chi connectivity index (χ2n) is 6.55. The van der Waals surface area contributed by atoms with E-state index in [1.54, 1.807) is 42.0 Å². The van der Waals surface area contributed by atoms with Crippen molar-refractivity contribution in [2.45, 2.75) is 18.8 Å². The number of thiol groups is 1. The molecule has 1 aromatic carbocycles. The molecule has 1 unspecified atom stereocenters.